The van der Waals surface area contributed by atoms with Crippen LogP contribution in [0.5, 0.6) is 0 Å². The summed E-state index contributed by atoms with van der Waals surface area (Å²) in [6.07, 6.45) is 4.28. The normalized spacial score (nSPS) is 15.7. The maximum atomic E-state index is 6.52. The summed E-state index contributed by atoms with van der Waals surface area (Å²) in [6, 6.07) is 17.7. The highest BCUT2D eigenvalue weighted by atomic mass is 35.5. The maximum absolute atomic E-state index is 6.52. The van der Waals surface area contributed by atoms with Crippen LogP contribution in [0.4, 0.5) is 5.69 Å². The molecule has 2 N–H and O–H groups in total. The van der Waals surface area contributed by atoms with E-state index in [4.69, 9.17) is 11.6 Å². The molecule has 24 heavy (non-hydrogen) atoms. The van der Waals surface area contributed by atoms with Crippen molar-refractivity contribution in [2.75, 3.05) is 18.0 Å². The van der Waals surface area contributed by atoms with Crippen LogP contribution >= 0.6 is 11.6 Å². The lowest BCUT2D eigenvalue weighted by molar-refractivity contribution is 0.428. The number of halogens is 1. The van der Waals surface area contributed by atoms with Gasteiger partial charge in [-0.2, -0.15) is 0 Å². The molecule has 4 heteroatoms. The van der Waals surface area contributed by atoms with Crippen molar-refractivity contribution >= 4 is 28.2 Å². The number of H-pyrrole nitrogens is 1. The van der Waals surface area contributed by atoms with E-state index in [2.05, 4.69) is 63.7 Å². The predicted molar refractivity (Wildman–Crippen MR) is 102 cm³/mol. The molecule has 0 unspecified atom stereocenters. The van der Waals surface area contributed by atoms with Gasteiger partial charge in [0.05, 0.1) is 10.5 Å². The van der Waals surface area contributed by atoms with E-state index in [0.717, 1.165) is 43.0 Å². The van der Waals surface area contributed by atoms with Gasteiger partial charge in [-0.15, -0.1) is 0 Å². The van der Waals surface area contributed by atoms with Gasteiger partial charge in [-0.05, 0) is 49.7 Å². The van der Waals surface area contributed by atoms with Gasteiger partial charge >= 0.3 is 0 Å². The number of benzene rings is 2. The fourth-order valence-electron chi connectivity index (χ4n) is 3.61. The largest absolute Gasteiger partial charge is 0.364 e. The molecule has 0 saturated carbocycles. The standard InChI is InChI=1S/C20H22ClN3/c21-19-13-18(12-16-6-11-23-20(16)19)24(17-7-9-22-10-8-17)14-15-4-2-1-3-5-15/h1-6,11-13,17,22-23H,7-10,14H2. The van der Waals surface area contributed by atoms with Gasteiger partial charge in [0.1, 0.15) is 0 Å². The molecule has 0 spiro atoms. The first-order valence-electron chi connectivity index (χ1n) is 8.59. The van der Waals surface area contributed by atoms with Gasteiger partial charge in [-0.25, -0.2) is 0 Å². The number of fused-ring (bicyclic) bond motifs is 1. The highest BCUT2D eigenvalue weighted by Gasteiger charge is 2.22. The molecule has 0 atom stereocenters. The average Bonchev–Trinajstić information content (AvgIpc) is 3.10. The Morgan fingerprint density at radius 3 is 2.62 bits per heavy atom. The minimum atomic E-state index is 0.541. The number of nitrogens with zero attached hydrogens (tertiary/aromatic N) is 1. The SMILES string of the molecule is Clc1cc(N(Cc2ccccc2)C2CCNCC2)cc2cc[nH]c12. The van der Waals surface area contributed by atoms with E-state index in [-0.39, 0.29) is 0 Å². The second kappa shape index (κ2) is 6.88. The molecule has 1 aliphatic heterocycles. The molecule has 3 nitrogen and oxygen atoms in total. The van der Waals surface area contributed by atoms with E-state index in [1.807, 2.05) is 6.20 Å². The van der Waals surface area contributed by atoms with Crippen molar-refractivity contribution in [1.29, 1.82) is 0 Å². The second-order valence-corrected chi connectivity index (χ2v) is 6.87. The summed E-state index contributed by atoms with van der Waals surface area (Å²) in [6.45, 7) is 3.07. The number of nitrogens with one attached hydrogen (secondary N) is 2. The minimum Gasteiger partial charge on any atom is -0.364 e. The molecule has 1 aliphatic rings. The second-order valence-electron chi connectivity index (χ2n) is 6.46. The number of aromatic amines is 1. The Kier molecular flexibility index (Phi) is 4.46. The summed E-state index contributed by atoms with van der Waals surface area (Å²) in [5.41, 5.74) is 3.56. The Bertz CT molecular complexity index is 806. The van der Waals surface area contributed by atoms with Gasteiger partial charge in [-0.1, -0.05) is 41.9 Å². The van der Waals surface area contributed by atoms with E-state index in [0.29, 0.717) is 6.04 Å². The van der Waals surface area contributed by atoms with Crippen LogP contribution in [0.3, 0.4) is 0 Å². The van der Waals surface area contributed by atoms with Gasteiger partial charge in [0.2, 0.25) is 0 Å². The van der Waals surface area contributed by atoms with Crippen molar-refractivity contribution in [2.24, 2.45) is 0 Å². The van der Waals surface area contributed by atoms with Gasteiger partial charge in [0.25, 0.3) is 0 Å². The molecular weight excluding hydrogens is 318 g/mol. The molecule has 1 saturated heterocycles. The van der Waals surface area contributed by atoms with Crippen LogP contribution in [0.1, 0.15) is 18.4 Å². The minimum absolute atomic E-state index is 0.541. The number of hydrogen-bond donors (Lipinski definition) is 2. The summed E-state index contributed by atoms with van der Waals surface area (Å²) in [4.78, 5) is 5.75. The van der Waals surface area contributed by atoms with E-state index in [1.54, 1.807) is 0 Å². The van der Waals surface area contributed by atoms with Crippen LogP contribution in [0, 0.1) is 0 Å². The molecule has 4 rings (SSSR count). The molecule has 1 aromatic heterocycles. The van der Waals surface area contributed by atoms with Crippen molar-refractivity contribution in [2.45, 2.75) is 25.4 Å². The molecule has 0 bridgehead atoms. The highest BCUT2D eigenvalue weighted by Crippen LogP contribution is 2.32. The Balaban J connectivity index is 1.72. The third-order valence-electron chi connectivity index (χ3n) is 4.87. The summed E-state index contributed by atoms with van der Waals surface area (Å²) in [7, 11) is 0. The first kappa shape index (κ1) is 15.6. The molecular formula is C20H22ClN3. The smallest absolute Gasteiger partial charge is 0.0667 e. The highest BCUT2D eigenvalue weighted by molar-refractivity contribution is 6.35. The Labute approximate surface area is 147 Å². The lowest BCUT2D eigenvalue weighted by Crippen LogP contribution is -2.43. The summed E-state index contributed by atoms with van der Waals surface area (Å²) in [5.74, 6) is 0. The third-order valence-corrected chi connectivity index (χ3v) is 5.17. The van der Waals surface area contributed by atoms with Crippen LogP contribution in [0.2, 0.25) is 5.02 Å². The van der Waals surface area contributed by atoms with Gasteiger partial charge < -0.3 is 15.2 Å². The molecule has 1 fully saturated rings. The molecule has 2 aromatic carbocycles. The topological polar surface area (TPSA) is 31.1 Å². The van der Waals surface area contributed by atoms with Crippen molar-refractivity contribution in [3.63, 3.8) is 0 Å². The lowest BCUT2D eigenvalue weighted by Gasteiger charge is -2.37. The average molecular weight is 340 g/mol. The van der Waals surface area contributed by atoms with Crippen molar-refractivity contribution < 1.29 is 0 Å². The molecule has 124 valence electrons. The van der Waals surface area contributed by atoms with Crippen LogP contribution in [-0.2, 0) is 6.54 Å². The predicted octanol–water partition coefficient (Wildman–Crippen LogP) is 4.58. The van der Waals surface area contributed by atoms with E-state index in [9.17, 15) is 0 Å². The Morgan fingerprint density at radius 1 is 1.04 bits per heavy atom. The molecule has 0 amide bonds. The van der Waals surface area contributed by atoms with Crippen LogP contribution in [0.25, 0.3) is 10.9 Å². The van der Waals surface area contributed by atoms with Gasteiger partial charge in [0, 0.05) is 29.9 Å². The zero-order chi connectivity index (χ0) is 16.4. The molecule has 3 aromatic rings. The lowest BCUT2D eigenvalue weighted by atomic mass is 10.0. The first-order chi connectivity index (χ1) is 11.8. The van der Waals surface area contributed by atoms with Crippen molar-refractivity contribution in [3.05, 3.63) is 65.3 Å². The fraction of sp³-hybridized carbons (Fsp3) is 0.300. The number of hydrogen-bond acceptors (Lipinski definition) is 2. The van der Waals surface area contributed by atoms with Crippen LogP contribution in [0.15, 0.2) is 54.7 Å². The van der Waals surface area contributed by atoms with E-state index in [1.165, 1.54) is 16.6 Å². The summed E-state index contributed by atoms with van der Waals surface area (Å²) < 4.78 is 0. The summed E-state index contributed by atoms with van der Waals surface area (Å²) in [5, 5.41) is 5.43. The fourth-order valence-corrected chi connectivity index (χ4v) is 3.88. The third kappa shape index (κ3) is 3.14. The number of aromatic nitrogens is 1. The molecule has 2 heterocycles. The Hall–Kier alpha value is -1.97. The van der Waals surface area contributed by atoms with Crippen molar-refractivity contribution in [1.82, 2.24) is 10.3 Å². The number of piperidine rings is 1. The zero-order valence-corrected chi connectivity index (χ0v) is 14.4. The van der Waals surface area contributed by atoms with Crippen LogP contribution in [-0.4, -0.2) is 24.1 Å². The van der Waals surface area contributed by atoms with E-state index >= 15 is 0 Å². The van der Waals surface area contributed by atoms with Gasteiger partial charge in [-0.3, -0.25) is 0 Å². The monoisotopic (exact) mass is 339 g/mol. The van der Waals surface area contributed by atoms with Crippen molar-refractivity contribution in [3.8, 4) is 0 Å². The molecule has 0 radical (unpaired) electrons. The quantitative estimate of drug-likeness (QED) is 0.729. The Morgan fingerprint density at radius 2 is 1.83 bits per heavy atom. The maximum Gasteiger partial charge on any atom is 0.0667 e. The van der Waals surface area contributed by atoms with E-state index < -0.39 is 0 Å². The number of rotatable bonds is 4. The molecule has 0 aliphatic carbocycles. The number of anilines is 1. The first-order valence-corrected chi connectivity index (χ1v) is 8.97. The summed E-state index contributed by atoms with van der Waals surface area (Å²) >= 11 is 6.52. The zero-order valence-electron chi connectivity index (χ0n) is 13.6. The van der Waals surface area contributed by atoms with Gasteiger partial charge in [0.15, 0.2) is 0 Å². The van der Waals surface area contributed by atoms with Crippen LogP contribution < -0.4 is 10.2 Å².